The second kappa shape index (κ2) is 8.45. The lowest BCUT2D eigenvalue weighted by molar-refractivity contribution is 0.0940. The highest BCUT2D eigenvalue weighted by Crippen LogP contribution is 2.18. The molecule has 156 valence electrons. The Hall–Kier alpha value is -3.29. The van der Waals surface area contributed by atoms with Crippen molar-refractivity contribution in [2.75, 3.05) is 0 Å². The van der Waals surface area contributed by atoms with E-state index < -0.39 is 5.82 Å². The average Bonchev–Trinajstić information content (AvgIpc) is 2.75. The molecule has 0 bridgehead atoms. The van der Waals surface area contributed by atoms with Crippen molar-refractivity contribution in [2.24, 2.45) is 0 Å². The molecule has 0 saturated carbocycles. The SMILES string of the molecule is CC(NC(=O)c1ccc2c(=O)n(-c3ccc(F)cc3)c(=S)[nH]c2c1)c1ccc(Cl)cc1. The van der Waals surface area contributed by atoms with E-state index in [0.29, 0.717) is 27.2 Å². The zero-order chi connectivity index (χ0) is 22.1. The molecule has 0 radical (unpaired) electrons. The van der Waals surface area contributed by atoms with Crippen LogP contribution >= 0.6 is 23.8 Å². The Balaban J connectivity index is 1.66. The Kier molecular flexibility index (Phi) is 5.71. The zero-order valence-electron chi connectivity index (χ0n) is 16.4. The summed E-state index contributed by atoms with van der Waals surface area (Å²) >= 11 is 11.3. The Bertz CT molecular complexity index is 1400. The van der Waals surface area contributed by atoms with E-state index in [-0.39, 0.29) is 22.3 Å². The minimum atomic E-state index is -0.407. The van der Waals surface area contributed by atoms with Crippen molar-refractivity contribution in [3.8, 4) is 5.69 Å². The molecule has 0 fully saturated rings. The van der Waals surface area contributed by atoms with E-state index in [1.54, 1.807) is 30.3 Å². The highest BCUT2D eigenvalue weighted by Gasteiger charge is 2.14. The lowest BCUT2D eigenvalue weighted by atomic mass is 10.1. The number of benzene rings is 3. The number of fused-ring (bicyclic) bond motifs is 1. The Morgan fingerprint density at radius 2 is 1.77 bits per heavy atom. The number of aromatic nitrogens is 2. The molecule has 0 spiro atoms. The average molecular weight is 454 g/mol. The van der Waals surface area contributed by atoms with Crippen molar-refractivity contribution < 1.29 is 9.18 Å². The Labute approximate surface area is 187 Å². The van der Waals surface area contributed by atoms with Crippen LogP contribution in [0.4, 0.5) is 4.39 Å². The second-order valence-electron chi connectivity index (χ2n) is 7.05. The molecule has 1 heterocycles. The van der Waals surface area contributed by atoms with Crippen LogP contribution in [0.5, 0.6) is 0 Å². The molecule has 3 aromatic carbocycles. The molecule has 0 aliphatic carbocycles. The van der Waals surface area contributed by atoms with Crippen LogP contribution in [0.25, 0.3) is 16.6 Å². The van der Waals surface area contributed by atoms with E-state index in [0.717, 1.165) is 5.56 Å². The topological polar surface area (TPSA) is 66.9 Å². The first-order chi connectivity index (χ1) is 14.8. The summed E-state index contributed by atoms with van der Waals surface area (Å²) in [6.45, 7) is 1.87. The summed E-state index contributed by atoms with van der Waals surface area (Å²) < 4.78 is 14.7. The molecule has 0 saturated heterocycles. The van der Waals surface area contributed by atoms with Crippen molar-refractivity contribution >= 4 is 40.6 Å². The van der Waals surface area contributed by atoms with Gasteiger partial charge in [-0.2, -0.15) is 0 Å². The van der Waals surface area contributed by atoms with E-state index in [1.165, 1.54) is 28.8 Å². The summed E-state index contributed by atoms with van der Waals surface area (Å²) in [5, 5.41) is 3.91. The molecule has 2 N–H and O–H groups in total. The van der Waals surface area contributed by atoms with Crippen LogP contribution in [0.2, 0.25) is 5.02 Å². The highest BCUT2D eigenvalue weighted by atomic mass is 35.5. The summed E-state index contributed by atoms with van der Waals surface area (Å²) in [5.41, 5.74) is 1.85. The number of carbonyl (C=O) groups is 1. The Morgan fingerprint density at radius 1 is 1.10 bits per heavy atom. The third-order valence-corrected chi connectivity index (χ3v) is 5.50. The van der Waals surface area contributed by atoms with E-state index in [1.807, 2.05) is 19.1 Å². The number of hydrogen-bond donors (Lipinski definition) is 2. The van der Waals surface area contributed by atoms with E-state index >= 15 is 0 Å². The molecule has 1 unspecified atom stereocenters. The summed E-state index contributed by atoms with van der Waals surface area (Å²) in [5.74, 6) is -0.692. The number of H-pyrrole nitrogens is 1. The molecule has 4 aromatic rings. The Morgan fingerprint density at radius 3 is 2.45 bits per heavy atom. The van der Waals surface area contributed by atoms with Crippen molar-refractivity contribution in [3.63, 3.8) is 0 Å². The van der Waals surface area contributed by atoms with Crippen molar-refractivity contribution in [1.82, 2.24) is 14.9 Å². The zero-order valence-corrected chi connectivity index (χ0v) is 17.9. The first-order valence-electron chi connectivity index (χ1n) is 9.45. The van der Waals surface area contributed by atoms with Gasteiger partial charge >= 0.3 is 0 Å². The van der Waals surface area contributed by atoms with Crippen molar-refractivity contribution in [3.05, 3.63) is 104 Å². The molecule has 1 atom stereocenters. The molecule has 4 rings (SSSR count). The fraction of sp³-hybridized carbons (Fsp3) is 0.0870. The minimum Gasteiger partial charge on any atom is -0.346 e. The third-order valence-electron chi connectivity index (χ3n) is 4.96. The predicted octanol–water partition coefficient (Wildman–Crippen LogP) is 5.33. The fourth-order valence-electron chi connectivity index (χ4n) is 3.30. The quantitative estimate of drug-likeness (QED) is 0.410. The maximum Gasteiger partial charge on any atom is 0.266 e. The number of halogens is 2. The molecule has 31 heavy (non-hydrogen) atoms. The van der Waals surface area contributed by atoms with Gasteiger partial charge in [-0.05, 0) is 79.3 Å². The van der Waals surface area contributed by atoms with Crippen LogP contribution in [0.3, 0.4) is 0 Å². The molecular formula is C23H17ClFN3O2S. The molecule has 5 nitrogen and oxygen atoms in total. The van der Waals surface area contributed by atoms with Gasteiger partial charge in [0.25, 0.3) is 11.5 Å². The summed E-state index contributed by atoms with van der Waals surface area (Å²) in [4.78, 5) is 28.7. The number of hydrogen-bond acceptors (Lipinski definition) is 3. The van der Waals surface area contributed by atoms with Crippen LogP contribution in [-0.4, -0.2) is 15.5 Å². The lowest BCUT2D eigenvalue weighted by Gasteiger charge is -2.15. The van der Waals surface area contributed by atoms with Gasteiger partial charge in [0.1, 0.15) is 5.82 Å². The molecular weight excluding hydrogens is 437 g/mol. The maximum absolute atomic E-state index is 13.2. The maximum atomic E-state index is 13.2. The van der Waals surface area contributed by atoms with Gasteiger partial charge in [-0.25, -0.2) is 4.39 Å². The summed E-state index contributed by atoms with van der Waals surface area (Å²) in [7, 11) is 0. The van der Waals surface area contributed by atoms with E-state index in [9.17, 15) is 14.0 Å². The van der Waals surface area contributed by atoms with Crippen molar-refractivity contribution in [1.29, 1.82) is 0 Å². The van der Waals surface area contributed by atoms with Crippen LogP contribution in [-0.2, 0) is 0 Å². The molecule has 0 aliphatic rings. The predicted molar refractivity (Wildman–Crippen MR) is 122 cm³/mol. The smallest absolute Gasteiger partial charge is 0.266 e. The van der Waals surface area contributed by atoms with Gasteiger partial charge in [0.2, 0.25) is 0 Å². The fourth-order valence-corrected chi connectivity index (χ4v) is 3.72. The minimum absolute atomic E-state index is 0.149. The van der Waals surface area contributed by atoms with Gasteiger partial charge < -0.3 is 10.3 Å². The largest absolute Gasteiger partial charge is 0.346 e. The van der Waals surface area contributed by atoms with Crippen LogP contribution in [0.15, 0.2) is 71.5 Å². The summed E-state index contributed by atoms with van der Waals surface area (Å²) in [6.07, 6.45) is 0. The number of aromatic amines is 1. The van der Waals surface area contributed by atoms with Gasteiger partial charge in [-0.3, -0.25) is 14.2 Å². The normalized spacial score (nSPS) is 12.0. The van der Waals surface area contributed by atoms with Crippen LogP contribution in [0.1, 0.15) is 28.9 Å². The van der Waals surface area contributed by atoms with Gasteiger partial charge in [-0.1, -0.05) is 23.7 Å². The molecule has 0 aliphatic heterocycles. The monoisotopic (exact) mass is 453 g/mol. The van der Waals surface area contributed by atoms with Crippen molar-refractivity contribution in [2.45, 2.75) is 13.0 Å². The molecule has 1 amide bonds. The number of carbonyl (C=O) groups excluding carboxylic acids is 1. The number of amides is 1. The van der Waals surface area contributed by atoms with Gasteiger partial charge in [0.05, 0.1) is 22.6 Å². The second-order valence-corrected chi connectivity index (χ2v) is 7.88. The van der Waals surface area contributed by atoms with Gasteiger partial charge in [0, 0.05) is 10.6 Å². The van der Waals surface area contributed by atoms with Gasteiger partial charge in [-0.15, -0.1) is 0 Å². The van der Waals surface area contributed by atoms with Gasteiger partial charge in [0.15, 0.2) is 4.77 Å². The molecule has 1 aromatic heterocycles. The molecule has 8 heteroatoms. The lowest BCUT2D eigenvalue weighted by Crippen LogP contribution is -2.27. The highest BCUT2D eigenvalue weighted by molar-refractivity contribution is 7.71. The number of nitrogens with zero attached hydrogens (tertiary/aromatic N) is 1. The van der Waals surface area contributed by atoms with E-state index in [2.05, 4.69) is 10.3 Å². The number of rotatable bonds is 4. The summed E-state index contributed by atoms with van der Waals surface area (Å²) in [6, 6.07) is 17.2. The van der Waals surface area contributed by atoms with E-state index in [4.69, 9.17) is 23.8 Å². The first kappa shape index (κ1) is 21.0. The van der Waals surface area contributed by atoms with Crippen LogP contribution < -0.4 is 10.9 Å². The standard InChI is InChI=1S/C23H17ClFN3O2S/c1-13(14-2-5-16(24)6-3-14)26-21(29)15-4-11-19-20(12-15)27-23(31)28(22(19)30)18-9-7-17(25)8-10-18/h2-13H,1H3,(H,26,29)(H,27,31). The number of nitrogens with one attached hydrogen (secondary N) is 2. The third kappa shape index (κ3) is 4.28. The first-order valence-corrected chi connectivity index (χ1v) is 10.2. The van der Waals surface area contributed by atoms with Crippen LogP contribution in [0, 0.1) is 10.6 Å².